The lowest BCUT2D eigenvalue weighted by atomic mass is 10.1. The second-order valence-electron chi connectivity index (χ2n) is 6.16. The standard InChI is InChI=1S/C22H11Cl2FO4/c23-13-4-6-16(19(24)9-13)18-11-28-20-10-15(5-7-17(20)21(18)26)29-22(27)12-2-1-3-14(25)8-12/h1-11H. The van der Waals surface area contributed by atoms with Crippen molar-refractivity contribution in [2.24, 2.45) is 0 Å². The lowest BCUT2D eigenvalue weighted by Crippen LogP contribution is -2.09. The second kappa shape index (κ2) is 7.70. The van der Waals surface area contributed by atoms with Crippen LogP contribution in [0.1, 0.15) is 10.4 Å². The number of halogens is 3. The summed E-state index contributed by atoms with van der Waals surface area (Å²) >= 11 is 12.1. The van der Waals surface area contributed by atoms with E-state index in [-0.39, 0.29) is 27.9 Å². The summed E-state index contributed by atoms with van der Waals surface area (Å²) in [5, 5.41) is 1.07. The van der Waals surface area contributed by atoms with Crippen LogP contribution in [0.15, 0.2) is 76.1 Å². The highest BCUT2D eigenvalue weighted by molar-refractivity contribution is 6.36. The molecular weight excluding hydrogens is 418 g/mol. The van der Waals surface area contributed by atoms with Gasteiger partial charge in [-0.05, 0) is 42.5 Å². The van der Waals surface area contributed by atoms with Crippen LogP contribution in [0.3, 0.4) is 0 Å². The molecule has 0 saturated heterocycles. The van der Waals surface area contributed by atoms with Crippen molar-refractivity contribution in [1.29, 1.82) is 0 Å². The Kier molecular flexibility index (Phi) is 5.09. The lowest BCUT2D eigenvalue weighted by Gasteiger charge is -2.07. The summed E-state index contributed by atoms with van der Waals surface area (Å²) in [6.45, 7) is 0. The summed E-state index contributed by atoms with van der Waals surface area (Å²) in [5.41, 5.74) is 0.781. The molecule has 0 bridgehead atoms. The van der Waals surface area contributed by atoms with Gasteiger partial charge in [0.15, 0.2) is 0 Å². The monoisotopic (exact) mass is 428 g/mol. The van der Waals surface area contributed by atoms with Crippen LogP contribution in [0.2, 0.25) is 10.0 Å². The van der Waals surface area contributed by atoms with Gasteiger partial charge in [-0.2, -0.15) is 0 Å². The summed E-state index contributed by atoms with van der Waals surface area (Å²) in [5.74, 6) is -1.11. The zero-order chi connectivity index (χ0) is 20.5. The molecule has 3 aromatic carbocycles. The van der Waals surface area contributed by atoms with Crippen molar-refractivity contribution < 1.29 is 18.3 Å². The predicted molar refractivity (Wildman–Crippen MR) is 109 cm³/mol. The number of benzene rings is 3. The number of carbonyl (C=O) groups is 1. The van der Waals surface area contributed by atoms with Crippen LogP contribution in [0.5, 0.6) is 5.75 Å². The molecule has 0 aliphatic heterocycles. The first-order chi connectivity index (χ1) is 13.9. The maximum absolute atomic E-state index is 13.3. The van der Waals surface area contributed by atoms with Gasteiger partial charge in [-0.15, -0.1) is 0 Å². The predicted octanol–water partition coefficient (Wildman–Crippen LogP) is 6.13. The van der Waals surface area contributed by atoms with E-state index >= 15 is 0 Å². The number of fused-ring (bicyclic) bond motifs is 1. The summed E-state index contributed by atoms with van der Waals surface area (Å²) in [7, 11) is 0. The summed E-state index contributed by atoms with van der Waals surface area (Å²) < 4.78 is 24.1. The molecule has 0 aliphatic carbocycles. The number of hydrogen-bond acceptors (Lipinski definition) is 4. The third-order valence-electron chi connectivity index (χ3n) is 4.24. The molecule has 4 nitrogen and oxygen atoms in total. The molecule has 0 N–H and O–H groups in total. The fourth-order valence-corrected chi connectivity index (χ4v) is 3.36. The molecular formula is C22H11Cl2FO4. The molecule has 29 heavy (non-hydrogen) atoms. The Hall–Kier alpha value is -3.15. The first kappa shape index (κ1) is 19.2. The summed E-state index contributed by atoms with van der Waals surface area (Å²) in [6, 6.07) is 14.3. The molecule has 0 aliphatic rings. The Balaban J connectivity index is 1.69. The minimum Gasteiger partial charge on any atom is -0.463 e. The molecule has 4 rings (SSSR count). The van der Waals surface area contributed by atoms with E-state index in [1.54, 1.807) is 12.1 Å². The fourth-order valence-electron chi connectivity index (χ4n) is 2.85. The van der Waals surface area contributed by atoms with Crippen LogP contribution in [0, 0.1) is 5.82 Å². The highest BCUT2D eigenvalue weighted by Crippen LogP contribution is 2.30. The van der Waals surface area contributed by atoms with Crippen LogP contribution in [0.25, 0.3) is 22.1 Å². The van der Waals surface area contributed by atoms with Crippen molar-refractivity contribution in [3.05, 3.63) is 98.6 Å². The van der Waals surface area contributed by atoms with Gasteiger partial charge < -0.3 is 9.15 Å². The Morgan fingerprint density at radius 3 is 2.55 bits per heavy atom. The molecule has 0 amide bonds. The molecule has 0 saturated carbocycles. The summed E-state index contributed by atoms with van der Waals surface area (Å²) in [6.07, 6.45) is 1.29. The van der Waals surface area contributed by atoms with Gasteiger partial charge in [0.25, 0.3) is 0 Å². The van der Waals surface area contributed by atoms with Gasteiger partial charge in [0.05, 0.1) is 21.5 Å². The van der Waals surface area contributed by atoms with E-state index in [1.807, 2.05) is 0 Å². The van der Waals surface area contributed by atoms with Gasteiger partial charge >= 0.3 is 5.97 Å². The van der Waals surface area contributed by atoms with Crippen LogP contribution in [-0.4, -0.2) is 5.97 Å². The maximum Gasteiger partial charge on any atom is 0.343 e. The second-order valence-corrected chi connectivity index (χ2v) is 7.00. The highest BCUT2D eigenvalue weighted by atomic mass is 35.5. The normalized spacial score (nSPS) is 10.9. The Morgan fingerprint density at radius 2 is 1.79 bits per heavy atom. The smallest absolute Gasteiger partial charge is 0.343 e. The maximum atomic E-state index is 13.3. The minimum absolute atomic E-state index is 0.0688. The van der Waals surface area contributed by atoms with E-state index in [0.717, 1.165) is 6.07 Å². The molecule has 0 atom stereocenters. The van der Waals surface area contributed by atoms with E-state index in [2.05, 4.69) is 0 Å². The van der Waals surface area contributed by atoms with Crippen LogP contribution < -0.4 is 10.2 Å². The van der Waals surface area contributed by atoms with Gasteiger partial charge in [0.1, 0.15) is 23.4 Å². The van der Waals surface area contributed by atoms with E-state index in [9.17, 15) is 14.0 Å². The van der Waals surface area contributed by atoms with Crippen LogP contribution in [-0.2, 0) is 0 Å². The molecule has 0 fully saturated rings. The SMILES string of the molecule is O=C(Oc1ccc2c(=O)c(-c3ccc(Cl)cc3Cl)coc2c1)c1cccc(F)c1. The van der Waals surface area contributed by atoms with Crippen molar-refractivity contribution in [1.82, 2.24) is 0 Å². The minimum atomic E-state index is -0.726. The highest BCUT2D eigenvalue weighted by Gasteiger charge is 2.15. The fraction of sp³-hybridized carbons (Fsp3) is 0. The lowest BCUT2D eigenvalue weighted by molar-refractivity contribution is 0.0734. The van der Waals surface area contributed by atoms with Crippen molar-refractivity contribution >= 4 is 40.1 Å². The zero-order valence-corrected chi connectivity index (χ0v) is 16.1. The average Bonchev–Trinajstić information content (AvgIpc) is 2.69. The van der Waals surface area contributed by atoms with E-state index in [4.69, 9.17) is 32.4 Å². The van der Waals surface area contributed by atoms with Gasteiger partial charge in [-0.3, -0.25) is 4.79 Å². The molecule has 0 radical (unpaired) electrons. The van der Waals surface area contributed by atoms with Crippen molar-refractivity contribution in [3.63, 3.8) is 0 Å². The number of hydrogen-bond donors (Lipinski definition) is 0. The zero-order valence-electron chi connectivity index (χ0n) is 14.6. The average molecular weight is 429 g/mol. The quantitative estimate of drug-likeness (QED) is 0.291. The molecule has 0 spiro atoms. The van der Waals surface area contributed by atoms with Crippen molar-refractivity contribution in [2.45, 2.75) is 0 Å². The molecule has 4 aromatic rings. The van der Waals surface area contributed by atoms with E-state index in [1.165, 1.54) is 48.7 Å². The van der Waals surface area contributed by atoms with Gasteiger partial charge in [-0.25, -0.2) is 9.18 Å². The molecule has 144 valence electrons. The third kappa shape index (κ3) is 3.88. The number of ether oxygens (including phenoxy) is 1. The molecule has 0 unspecified atom stereocenters. The van der Waals surface area contributed by atoms with Crippen LogP contribution >= 0.6 is 23.2 Å². The number of rotatable bonds is 3. The molecule has 1 heterocycles. The first-order valence-electron chi connectivity index (χ1n) is 8.41. The molecule has 1 aromatic heterocycles. The van der Waals surface area contributed by atoms with Gasteiger partial charge in [-0.1, -0.05) is 35.3 Å². The van der Waals surface area contributed by atoms with Crippen LogP contribution in [0.4, 0.5) is 4.39 Å². The Labute approximate surface area is 174 Å². The largest absolute Gasteiger partial charge is 0.463 e. The summed E-state index contributed by atoms with van der Waals surface area (Å²) in [4.78, 5) is 25.0. The van der Waals surface area contributed by atoms with Gasteiger partial charge in [0, 0.05) is 16.7 Å². The third-order valence-corrected chi connectivity index (χ3v) is 4.79. The molecule has 7 heteroatoms. The van der Waals surface area contributed by atoms with Crippen molar-refractivity contribution in [3.8, 4) is 16.9 Å². The topological polar surface area (TPSA) is 56.5 Å². The van der Waals surface area contributed by atoms with E-state index < -0.39 is 11.8 Å². The Morgan fingerprint density at radius 1 is 0.966 bits per heavy atom. The number of carbonyl (C=O) groups excluding carboxylic acids is 1. The van der Waals surface area contributed by atoms with E-state index in [0.29, 0.717) is 21.0 Å². The van der Waals surface area contributed by atoms with Gasteiger partial charge in [0.2, 0.25) is 5.43 Å². The number of esters is 1. The van der Waals surface area contributed by atoms with Crippen molar-refractivity contribution in [2.75, 3.05) is 0 Å². The Bertz CT molecular complexity index is 1310. The first-order valence-corrected chi connectivity index (χ1v) is 9.17.